The fraction of sp³-hybridized carbons (Fsp3) is 0.812. The van der Waals surface area contributed by atoms with Crippen molar-refractivity contribution >= 4 is 0 Å². The predicted molar refractivity (Wildman–Crippen MR) is 83.6 cm³/mol. The average molecular weight is 278 g/mol. The molecule has 1 saturated heterocycles. The summed E-state index contributed by atoms with van der Waals surface area (Å²) in [6.45, 7) is 15.6. The summed E-state index contributed by atoms with van der Waals surface area (Å²) < 4.78 is 2.01. The molecule has 1 aliphatic rings. The lowest BCUT2D eigenvalue weighted by Crippen LogP contribution is -2.59. The number of nitrogens with one attached hydrogen (secondary N) is 1. The first kappa shape index (κ1) is 15.5. The van der Waals surface area contributed by atoms with Gasteiger partial charge in [0.25, 0.3) is 0 Å². The van der Waals surface area contributed by atoms with Gasteiger partial charge in [-0.1, -0.05) is 27.7 Å². The Hall–Kier alpha value is -0.870. The van der Waals surface area contributed by atoms with E-state index in [2.05, 4.69) is 56.1 Å². The zero-order chi connectivity index (χ0) is 14.8. The van der Waals surface area contributed by atoms with E-state index in [0.29, 0.717) is 17.5 Å². The summed E-state index contributed by atoms with van der Waals surface area (Å²) in [7, 11) is 0. The number of hydrogen-bond acceptors (Lipinski definition) is 3. The van der Waals surface area contributed by atoms with Crippen molar-refractivity contribution in [3.63, 3.8) is 0 Å². The number of rotatable bonds is 4. The molecule has 1 N–H and O–H groups in total. The van der Waals surface area contributed by atoms with E-state index in [4.69, 9.17) is 0 Å². The number of aromatic nitrogens is 2. The molecular weight excluding hydrogens is 248 g/mol. The fourth-order valence-corrected chi connectivity index (χ4v) is 3.08. The molecule has 0 radical (unpaired) electrons. The lowest BCUT2D eigenvalue weighted by Gasteiger charge is -2.46. The van der Waals surface area contributed by atoms with Crippen molar-refractivity contribution in [2.75, 3.05) is 13.1 Å². The summed E-state index contributed by atoms with van der Waals surface area (Å²) >= 11 is 0. The third-order valence-corrected chi connectivity index (χ3v) is 4.38. The first-order valence-corrected chi connectivity index (χ1v) is 7.92. The zero-order valence-electron chi connectivity index (χ0n) is 13.7. The number of aryl methyl sites for hydroxylation is 1. The second kappa shape index (κ2) is 6.27. The fourth-order valence-electron chi connectivity index (χ4n) is 3.08. The van der Waals surface area contributed by atoms with Gasteiger partial charge >= 0.3 is 0 Å². The van der Waals surface area contributed by atoms with E-state index in [9.17, 15) is 0 Å². The van der Waals surface area contributed by atoms with Gasteiger partial charge < -0.3 is 5.32 Å². The van der Waals surface area contributed by atoms with Crippen LogP contribution in [0.25, 0.3) is 0 Å². The monoisotopic (exact) mass is 278 g/mol. The van der Waals surface area contributed by atoms with Gasteiger partial charge in [-0.2, -0.15) is 5.10 Å². The van der Waals surface area contributed by atoms with Gasteiger partial charge in [-0.25, -0.2) is 0 Å². The van der Waals surface area contributed by atoms with Crippen LogP contribution in [0.3, 0.4) is 0 Å². The predicted octanol–water partition coefficient (Wildman–Crippen LogP) is 2.50. The van der Waals surface area contributed by atoms with Crippen molar-refractivity contribution in [1.29, 1.82) is 0 Å². The highest BCUT2D eigenvalue weighted by atomic mass is 15.3. The van der Waals surface area contributed by atoms with E-state index in [1.165, 1.54) is 12.0 Å². The maximum atomic E-state index is 4.40. The molecule has 4 nitrogen and oxygen atoms in total. The molecule has 0 aromatic carbocycles. The Morgan fingerprint density at radius 1 is 1.35 bits per heavy atom. The minimum atomic E-state index is 0.298. The van der Waals surface area contributed by atoms with Crippen LogP contribution >= 0.6 is 0 Å². The van der Waals surface area contributed by atoms with Crippen LogP contribution in [0.5, 0.6) is 0 Å². The molecule has 2 unspecified atom stereocenters. The van der Waals surface area contributed by atoms with Gasteiger partial charge in [0.1, 0.15) is 0 Å². The number of hydrogen-bond donors (Lipinski definition) is 1. The van der Waals surface area contributed by atoms with Crippen molar-refractivity contribution in [3.05, 3.63) is 18.0 Å². The van der Waals surface area contributed by atoms with E-state index in [-0.39, 0.29) is 0 Å². The van der Waals surface area contributed by atoms with E-state index in [0.717, 1.165) is 26.2 Å². The quantitative estimate of drug-likeness (QED) is 0.918. The van der Waals surface area contributed by atoms with Crippen LogP contribution in [0.15, 0.2) is 12.4 Å². The smallest absolute Gasteiger partial charge is 0.0534 e. The average Bonchev–Trinajstić information content (AvgIpc) is 2.85. The van der Waals surface area contributed by atoms with Crippen molar-refractivity contribution < 1.29 is 0 Å². The lowest BCUT2D eigenvalue weighted by molar-refractivity contribution is 0.0485. The molecule has 4 heteroatoms. The zero-order valence-corrected chi connectivity index (χ0v) is 13.7. The normalized spacial score (nSPS) is 25.1. The molecule has 2 heterocycles. The highest BCUT2D eigenvalue weighted by Crippen LogP contribution is 2.28. The highest BCUT2D eigenvalue weighted by Gasteiger charge is 2.35. The summed E-state index contributed by atoms with van der Waals surface area (Å²) in [6.07, 6.45) is 5.40. The third kappa shape index (κ3) is 3.61. The molecule has 0 bridgehead atoms. The van der Waals surface area contributed by atoms with Gasteiger partial charge in [-0.15, -0.1) is 0 Å². The summed E-state index contributed by atoms with van der Waals surface area (Å²) in [4.78, 5) is 2.64. The molecule has 2 atom stereocenters. The summed E-state index contributed by atoms with van der Waals surface area (Å²) in [5, 5.41) is 8.10. The van der Waals surface area contributed by atoms with Crippen molar-refractivity contribution in [1.82, 2.24) is 20.0 Å². The highest BCUT2D eigenvalue weighted by molar-refractivity contribution is 5.06. The Labute approximate surface area is 123 Å². The van der Waals surface area contributed by atoms with Gasteiger partial charge in [0.2, 0.25) is 0 Å². The van der Waals surface area contributed by atoms with Crippen LogP contribution in [-0.2, 0) is 13.1 Å². The summed E-state index contributed by atoms with van der Waals surface area (Å²) in [5.41, 5.74) is 1.63. The SMILES string of the molecule is CCC1CN(Cc2cnn(CC)c2)C(C(C)(C)C)CN1. The van der Waals surface area contributed by atoms with Crippen LogP contribution in [0.1, 0.15) is 46.6 Å². The molecule has 0 saturated carbocycles. The molecule has 1 fully saturated rings. The summed E-state index contributed by atoms with van der Waals surface area (Å²) in [6, 6.07) is 1.20. The number of nitrogens with zero attached hydrogens (tertiary/aromatic N) is 3. The second-order valence-corrected chi connectivity index (χ2v) is 7.03. The standard InChI is InChI=1S/C16H30N4/c1-6-14-12-19(15(9-17-14)16(3,4)5)10-13-8-18-20(7-2)11-13/h8,11,14-15,17H,6-7,9-10,12H2,1-5H3. The molecule has 1 aliphatic heterocycles. The second-order valence-electron chi connectivity index (χ2n) is 7.03. The van der Waals surface area contributed by atoms with Gasteiger partial charge in [-0.05, 0) is 18.8 Å². The van der Waals surface area contributed by atoms with Crippen LogP contribution in [-0.4, -0.2) is 39.9 Å². The molecular formula is C16H30N4. The minimum absolute atomic E-state index is 0.298. The maximum Gasteiger partial charge on any atom is 0.0534 e. The first-order valence-electron chi connectivity index (χ1n) is 7.92. The maximum absolute atomic E-state index is 4.40. The van der Waals surface area contributed by atoms with Crippen molar-refractivity contribution in [2.45, 2.75) is 66.2 Å². The van der Waals surface area contributed by atoms with E-state index >= 15 is 0 Å². The molecule has 20 heavy (non-hydrogen) atoms. The molecule has 0 aliphatic carbocycles. The van der Waals surface area contributed by atoms with Crippen LogP contribution < -0.4 is 5.32 Å². The van der Waals surface area contributed by atoms with Gasteiger partial charge in [-0.3, -0.25) is 9.58 Å². The Balaban J connectivity index is 2.10. The molecule has 0 amide bonds. The van der Waals surface area contributed by atoms with Crippen LogP contribution in [0.2, 0.25) is 0 Å². The largest absolute Gasteiger partial charge is 0.311 e. The molecule has 1 aromatic heterocycles. The Morgan fingerprint density at radius 3 is 2.65 bits per heavy atom. The molecule has 1 aromatic rings. The van der Waals surface area contributed by atoms with E-state index in [1.54, 1.807) is 0 Å². The van der Waals surface area contributed by atoms with Gasteiger partial charge in [0.15, 0.2) is 0 Å². The minimum Gasteiger partial charge on any atom is -0.311 e. The van der Waals surface area contributed by atoms with E-state index in [1.807, 2.05) is 10.9 Å². The van der Waals surface area contributed by atoms with Crippen LogP contribution in [0.4, 0.5) is 0 Å². The molecule has 114 valence electrons. The van der Waals surface area contributed by atoms with Crippen molar-refractivity contribution in [3.8, 4) is 0 Å². The number of piperazine rings is 1. The Bertz CT molecular complexity index is 418. The third-order valence-electron chi connectivity index (χ3n) is 4.38. The Kier molecular flexibility index (Phi) is 4.86. The van der Waals surface area contributed by atoms with Gasteiger partial charge in [0, 0.05) is 50.0 Å². The van der Waals surface area contributed by atoms with Crippen molar-refractivity contribution in [2.24, 2.45) is 5.41 Å². The molecule has 2 rings (SSSR count). The first-order chi connectivity index (χ1) is 9.44. The lowest BCUT2D eigenvalue weighted by atomic mass is 9.83. The Morgan fingerprint density at radius 2 is 2.10 bits per heavy atom. The molecule has 0 spiro atoms. The van der Waals surface area contributed by atoms with Gasteiger partial charge in [0.05, 0.1) is 6.20 Å². The summed E-state index contributed by atoms with van der Waals surface area (Å²) in [5.74, 6) is 0. The topological polar surface area (TPSA) is 33.1 Å². The van der Waals surface area contributed by atoms with E-state index < -0.39 is 0 Å². The van der Waals surface area contributed by atoms with Crippen LogP contribution in [0, 0.1) is 5.41 Å².